The summed E-state index contributed by atoms with van der Waals surface area (Å²) in [6.45, 7) is 3.78. The summed E-state index contributed by atoms with van der Waals surface area (Å²) in [5.41, 5.74) is 5.50. The number of thioether (sulfide) groups is 1. The maximum atomic E-state index is 13.7. The second kappa shape index (κ2) is 16.4. The highest BCUT2D eigenvalue weighted by Gasteiger charge is 2.38. The molecule has 0 saturated heterocycles. The van der Waals surface area contributed by atoms with Crippen LogP contribution in [0.2, 0.25) is 0 Å². The smallest absolute Gasteiger partial charge is 0.304 e. The largest absolute Gasteiger partial charge is 0.481 e. The summed E-state index contributed by atoms with van der Waals surface area (Å²) < 4.78 is -0.767. The van der Waals surface area contributed by atoms with Crippen molar-refractivity contribution < 1.29 is 19.5 Å². The first-order valence-electron chi connectivity index (χ1n) is 15.3. The van der Waals surface area contributed by atoms with Crippen molar-refractivity contribution in [2.24, 2.45) is 5.92 Å². The Morgan fingerprint density at radius 3 is 2.00 bits per heavy atom. The molecule has 0 saturated carbocycles. The second-order valence-corrected chi connectivity index (χ2v) is 13.4. The van der Waals surface area contributed by atoms with Crippen molar-refractivity contribution in [3.63, 3.8) is 0 Å². The lowest BCUT2D eigenvalue weighted by molar-refractivity contribution is -0.141. The molecule has 2 atom stereocenters. The normalized spacial score (nSPS) is 12.4. The summed E-state index contributed by atoms with van der Waals surface area (Å²) in [6, 6.07) is 35.8. The highest BCUT2D eigenvalue weighted by atomic mass is 32.2. The van der Waals surface area contributed by atoms with Crippen LogP contribution in [0.4, 0.5) is 5.69 Å². The van der Waals surface area contributed by atoms with Gasteiger partial charge in [-0.2, -0.15) is 5.26 Å². The van der Waals surface area contributed by atoms with Crippen LogP contribution >= 0.6 is 11.8 Å². The zero-order chi connectivity index (χ0) is 32.9. The highest BCUT2D eigenvalue weighted by molar-refractivity contribution is 7.99. The van der Waals surface area contributed by atoms with Crippen LogP contribution in [0.25, 0.3) is 11.1 Å². The van der Waals surface area contributed by atoms with Crippen LogP contribution in [0.5, 0.6) is 0 Å². The zero-order valence-electron chi connectivity index (χ0n) is 26.1. The first-order chi connectivity index (χ1) is 22.1. The van der Waals surface area contributed by atoms with E-state index < -0.39 is 28.6 Å². The fourth-order valence-electron chi connectivity index (χ4n) is 5.16. The fraction of sp³-hybridized carbons (Fsp3) is 0.263. The molecule has 0 aliphatic rings. The first kappa shape index (κ1) is 34.0. The van der Waals surface area contributed by atoms with Gasteiger partial charge in [-0.1, -0.05) is 84.9 Å². The minimum Gasteiger partial charge on any atom is -0.481 e. The average molecular weight is 634 g/mol. The van der Waals surface area contributed by atoms with Crippen LogP contribution in [-0.2, 0) is 26.6 Å². The van der Waals surface area contributed by atoms with Crippen LogP contribution in [0, 0.1) is 17.2 Å². The maximum Gasteiger partial charge on any atom is 0.304 e. The number of aryl methyl sites for hydroxylation is 1. The lowest BCUT2D eigenvalue weighted by atomic mass is 9.93. The van der Waals surface area contributed by atoms with Gasteiger partial charge < -0.3 is 15.7 Å². The van der Waals surface area contributed by atoms with E-state index >= 15 is 0 Å². The summed E-state index contributed by atoms with van der Waals surface area (Å²) >= 11 is 1.50. The molecule has 46 heavy (non-hydrogen) atoms. The Morgan fingerprint density at radius 2 is 1.39 bits per heavy atom. The van der Waals surface area contributed by atoms with Gasteiger partial charge in [0.15, 0.2) is 0 Å². The number of rotatable bonds is 15. The monoisotopic (exact) mass is 633 g/mol. The lowest BCUT2D eigenvalue weighted by Gasteiger charge is -2.34. The summed E-state index contributed by atoms with van der Waals surface area (Å²) in [6.07, 6.45) is 1.35. The molecule has 0 spiro atoms. The number of carbonyl (C=O) groups is 3. The summed E-state index contributed by atoms with van der Waals surface area (Å²) in [4.78, 5) is 39.2. The van der Waals surface area contributed by atoms with Crippen molar-refractivity contribution in [1.29, 1.82) is 5.26 Å². The van der Waals surface area contributed by atoms with Crippen LogP contribution in [-0.4, -0.2) is 33.7 Å². The van der Waals surface area contributed by atoms with E-state index in [1.165, 1.54) is 11.8 Å². The first-order valence-corrected chi connectivity index (χ1v) is 16.3. The van der Waals surface area contributed by atoms with E-state index in [1.807, 2.05) is 62.4 Å². The molecule has 3 N–H and O–H groups in total. The number of hydrogen-bond donors (Lipinski definition) is 3. The number of nitrogens with zero attached hydrogens (tertiary/aromatic N) is 1. The van der Waals surface area contributed by atoms with E-state index in [0.717, 1.165) is 22.3 Å². The Bertz CT molecular complexity index is 1630. The van der Waals surface area contributed by atoms with E-state index in [0.29, 0.717) is 36.3 Å². The minimum atomic E-state index is -1.06. The average Bonchev–Trinajstić information content (AvgIpc) is 3.07. The quantitative estimate of drug-likeness (QED) is 0.125. The van der Waals surface area contributed by atoms with Crippen LogP contribution in [0.3, 0.4) is 0 Å². The van der Waals surface area contributed by atoms with E-state index in [-0.39, 0.29) is 12.3 Å². The zero-order valence-corrected chi connectivity index (χ0v) is 26.9. The Hall–Kier alpha value is -4.87. The second-order valence-electron chi connectivity index (χ2n) is 11.7. The van der Waals surface area contributed by atoms with Crippen molar-refractivity contribution >= 4 is 35.2 Å². The van der Waals surface area contributed by atoms with Crippen molar-refractivity contribution in [2.75, 3.05) is 5.32 Å². The molecule has 0 radical (unpaired) electrons. The Morgan fingerprint density at radius 1 is 0.804 bits per heavy atom. The molecule has 0 aliphatic heterocycles. The molecule has 0 fully saturated rings. The third-order valence-electron chi connectivity index (χ3n) is 7.85. The number of benzene rings is 4. The summed E-state index contributed by atoms with van der Waals surface area (Å²) in [7, 11) is 0. The van der Waals surface area contributed by atoms with E-state index in [4.69, 9.17) is 5.26 Å². The van der Waals surface area contributed by atoms with E-state index in [2.05, 4.69) is 53.1 Å². The number of carboxylic acid groups (broad SMARTS) is 1. The molecule has 0 aromatic heterocycles. The molecule has 236 valence electrons. The van der Waals surface area contributed by atoms with Gasteiger partial charge in [0.1, 0.15) is 6.04 Å². The van der Waals surface area contributed by atoms with Crippen LogP contribution in [0.15, 0.2) is 109 Å². The number of amides is 2. The molecule has 7 nitrogen and oxygen atoms in total. The van der Waals surface area contributed by atoms with Crippen molar-refractivity contribution in [3.05, 3.63) is 126 Å². The molecule has 2 unspecified atom stereocenters. The number of nitriles is 1. The fourth-order valence-corrected chi connectivity index (χ4v) is 6.23. The maximum absolute atomic E-state index is 13.7. The van der Waals surface area contributed by atoms with Crippen molar-refractivity contribution in [2.45, 2.75) is 56.1 Å². The molecular formula is C38H39N3O4S. The molecule has 2 amide bonds. The SMILES string of the molecule is CC(C)(SCc1ccc(C#N)cc1)C(NC(=O)C(CCCc1ccc(-c2ccccc2)cc1)CC(=O)O)C(=O)Nc1ccccc1. The molecule has 4 aromatic rings. The van der Waals surface area contributed by atoms with Gasteiger partial charge >= 0.3 is 5.97 Å². The van der Waals surface area contributed by atoms with Crippen LogP contribution in [0.1, 0.15) is 49.8 Å². The van der Waals surface area contributed by atoms with Gasteiger partial charge in [-0.05, 0) is 79.6 Å². The highest BCUT2D eigenvalue weighted by Crippen LogP contribution is 2.33. The van der Waals surface area contributed by atoms with Gasteiger partial charge in [-0.3, -0.25) is 14.4 Å². The number of anilines is 1. The van der Waals surface area contributed by atoms with Gasteiger partial charge in [0.25, 0.3) is 0 Å². The number of carboxylic acids is 1. The predicted octanol–water partition coefficient (Wildman–Crippen LogP) is 7.47. The summed E-state index contributed by atoms with van der Waals surface area (Å²) in [5, 5.41) is 24.6. The molecule has 4 rings (SSSR count). The third-order valence-corrected chi connectivity index (χ3v) is 9.31. The minimum absolute atomic E-state index is 0.329. The number of aliphatic carboxylic acids is 1. The third kappa shape index (κ3) is 10.1. The molecular weight excluding hydrogens is 595 g/mol. The summed E-state index contributed by atoms with van der Waals surface area (Å²) in [5.74, 6) is -2.16. The van der Waals surface area contributed by atoms with Crippen molar-refractivity contribution in [3.8, 4) is 17.2 Å². The van der Waals surface area contributed by atoms with Gasteiger partial charge in [0.05, 0.1) is 18.1 Å². The van der Waals surface area contributed by atoms with E-state index in [1.54, 1.807) is 24.3 Å². The Kier molecular flexibility index (Phi) is 12.2. The predicted molar refractivity (Wildman–Crippen MR) is 184 cm³/mol. The standard InChI is InChI=1S/C38H39N3O4S/c1-38(2,46-26-29-18-16-28(25-39)17-19-29)35(37(45)40-33-14-7-4-8-15-33)41-36(44)32(24-34(42)43)13-9-10-27-20-22-31(23-21-27)30-11-5-3-6-12-30/h3-8,11-12,14-23,32,35H,9-10,13,24,26H2,1-2H3,(H,40,45)(H,41,44)(H,42,43). The molecule has 4 aromatic carbocycles. The lowest BCUT2D eigenvalue weighted by Crippen LogP contribution is -2.56. The topological polar surface area (TPSA) is 119 Å². The van der Waals surface area contributed by atoms with E-state index in [9.17, 15) is 19.5 Å². The Labute approximate surface area is 275 Å². The molecule has 0 heterocycles. The van der Waals surface area contributed by atoms with Gasteiger partial charge in [-0.15, -0.1) is 11.8 Å². The number of hydrogen-bond acceptors (Lipinski definition) is 5. The van der Waals surface area contributed by atoms with Crippen LogP contribution < -0.4 is 10.6 Å². The molecule has 0 bridgehead atoms. The Balaban J connectivity index is 1.45. The van der Waals surface area contributed by atoms with Crippen molar-refractivity contribution in [1.82, 2.24) is 5.32 Å². The number of para-hydroxylation sites is 1. The molecule has 0 aliphatic carbocycles. The van der Waals surface area contributed by atoms with Gasteiger partial charge in [-0.25, -0.2) is 0 Å². The van der Waals surface area contributed by atoms with Gasteiger partial charge in [0.2, 0.25) is 11.8 Å². The molecule has 8 heteroatoms. The number of nitrogens with one attached hydrogen (secondary N) is 2. The van der Waals surface area contributed by atoms with Gasteiger partial charge in [0, 0.05) is 22.1 Å². The number of carbonyl (C=O) groups excluding carboxylic acids is 2.